The van der Waals surface area contributed by atoms with E-state index >= 15 is 0 Å². The summed E-state index contributed by atoms with van der Waals surface area (Å²) in [5.41, 5.74) is 2.64. The maximum atomic E-state index is 12.2. The molecule has 1 aromatic heterocycles. The van der Waals surface area contributed by atoms with E-state index in [0.29, 0.717) is 0 Å². The fourth-order valence-corrected chi connectivity index (χ4v) is 3.52. The summed E-state index contributed by atoms with van der Waals surface area (Å²) in [6.45, 7) is 4.06. The van der Waals surface area contributed by atoms with Gasteiger partial charge in [-0.05, 0) is 56.3 Å². The minimum atomic E-state index is -0.0993. The number of carbonyl (C=O) groups excluding carboxylic acids is 1. The van der Waals surface area contributed by atoms with Crippen molar-refractivity contribution in [2.45, 2.75) is 30.2 Å². The second-order valence-electron chi connectivity index (χ2n) is 5.69. The summed E-state index contributed by atoms with van der Waals surface area (Å²) >= 11 is 7.77. The highest BCUT2D eigenvalue weighted by molar-refractivity contribution is 7.99. The molecular formula is C19H18ClN3OS. The number of aryl methyl sites for hydroxylation is 2. The molecule has 0 bridgehead atoms. The van der Waals surface area contributed by atoms with E-state index in [2.05, 4.69) is 10.4 Å². The molecule has 0 radical (unpaired) electrons. The van der Waals surface area contributed by atoms with Crippen molar-refractivity contribution in [1.29, 1.82) is 0 Å². The van der Waals surface area contributed by atoms with Crippen LogP contribution in [0.2, 0.25) is 5.02 Å². The van der Waals surface area contributed by atoms with Crippen LogP contribution in [-0.2, 0) is 11.3 Å². The zero-order valence-corrected chi connectivity index (χ0v) is 15.6. The van der Waals surface area contributed by atoms with E-state index < -0.39 is 0 Å². The maximum Gasteiger partial charge on any atom is 0.246 e. The van der Waals surface area contributed by atoms with Gasteiger partial charge in [0.15, 0.2) is 0 Å². The molecule has 1 heterocycles. The summed E-state index contributed by atoms with van der Waals surface area (Å²) in [7, 11) is 0. The van der Waals surface area contributed by atoms with Gasteiger partial charge in [0.2, 0.25) is 5.91 Å². The van der Waals surface area contributed by atoms with Crippen LogP contribution in [0.3, 0.4) is 0 Å². The van der Waals surface area contributed by atoms with Crippen LogP contribution in [0.1, 0.15) is 11.4 Å². The van der Waals surface area contributed by atoms with E-state index in [1.54, 1.807) is 16.4 Å². The zero-order valence-electron chi connectivity index (χ0n) is 14.0. The van der Waals surface area contributed by atoms with Crippen molar-refractivity contribution in [3.05, 3.63) is 71.0 Å². The van der Waals surface area contributed by atoms with Crippen molar-refractivity contribution in [2.24, 2.45) is 0 Å². The van der Waals surface area contributed by atoms with Crippen molar-refractivity contribution in [2.75, 3.05) is 5.32 Å². The van der Waals surface area contributed by atoms with Crippen LogP contribution in [0, 0.1) is 13.8 Å². The Balaban J connectivity index is 1.61. The Morgan fingerprint density at radius 2 is 1.88 bits per heavy atom. The van der Waals surface area contributed by atoms with Crippen LogP contribution in [-0.4, -0.2) is 15.7 Å². The Morgan fingerprint density at radius 3 is 2.52 bits per heavy atom. The van der Waals surface area contributed by atoms with E-state index in [0.717, 1.165) is 31.9 Å². The third kappa shape index (κ3) is 4.65. The third-order valence-electron chi connectivity index (χ3n) is 3.60. The first-order valence-electron chi connectivity index (χ1n) is 7.84. The van der Waals surface area contributed by atoms with E-state index in [1.165, 1.54) is 0 Å². The minimum Gasteiger partial charge on any atom is -0.324 e. The van der Waals surface area contributed by atoms with Gasteiger partial charge in [-0.15, -0.1) is 0 Å². The quantitative estimate of drug-likeness (QED) is 0.690. The zero-order chi connectivity index (χ0) is 17.8. The molecule has 0 aliphatic heterocycles. The highest BCUT2D eigenvalue weighted by atomic mass is 35.5. The lowest BCUT2D eigenvalue weighted by Crippen LogP contribution is -2.20. The van der Waals surface area contributed by atoms with Gasteiger partial charge in [-0.25, -0.2) is 0 Å². The molecular weight excluding hydrogens is 354 g/mol. The number of carbonyl (C=O) groups is 1. The molecule has 0 fully saturated rings. The molecule has 4 nitrogen and oxygen atoms in total. The molecule has 3 rings (SSSR count). The average Bonchev–Trinajstić information content (AvgIpc) is 2.88. The summed E-state index contributed by atoms with van der Waals surface area (Å²) in [5, 5.41) is 7.93. The van der Waals surface area contributed by atoms with Crippen LogP contribution in [0.5, 0.6) is 0 Å². The Hall–Kier alpha value is -2.24. The van der Waals surface area contributed by atoms with Gasteiger partial charge in [0.1, 0.15) is 6.54 Å². The first kappa shape index (κ1) is 17.6. The van der Waals surface area contributed by atoms with E-state index in [-0.39, 0.29) is 12.5 Å². The molecule has 1 amide bonds. The lowest BCUT2D eigenvalue weighted by molar-refractivity contribution is -0.116. The number of hydrogen-bond donors (Lipinski definition) is 1. The molecule has 25 heavy (non-hydrogen) atoms. The summed E-state index contributed by atoms with van der Waals surface area (Å²) in [5.74, 6) is -0.0993. The molecule has 0 saturated carbocycles. The van der Waals surface area contributed by atoms with Crippen LogP contribution < -0.4 is 5.32 Å². The number of nitrogens with one attached hydrogen (secondary N) is 1. The van der Waals surface area contributed by atoms with Gasteiger partial charge in [0.25, 0.3) is 0 Å². The minimum absolute atomic E-state index is 0.0993. The van der Waals surface area contributed by atoms with Crippen molar-refractivity contribution in [3.8, 4) is 0 Å². The van der Waals surface area contributed by atoms with Crippen molar-refractivity contribution in [3.63, 3.8) is 0 Å². The second kappa shape index (κ2) is 7.76. The largest absolute Gasteiger partial charge is 0.324 e. The van der Waals surface area contributed by atoms with Crippen molar-refractivity contribution >= 4 is 35.0 Å². The van der Waals surface area contributed by atoms with Gasteiger partial charge in [0.05, 0.1) is 10.7 Å². The molecule has 0 aliphatic carbocycles. The molecule has 3 aromatic rings. The first-order chi connectivity index (χ1) is 12.0. The van der Waals surface area contributed by atoms with Crippen molar-refractivity contribution < 1.29 is 4.79 Å². The number of nitrogens with zero attached hydrogens (tertiary/aromatic N) is 2. The average molecular weight is 372 g/mol. The van der Waals surface area contributed by atoms with E-state index in [4.69, 9.17) is 11.6 Å². The van der Waals surface area contributed by atoms with Gasteiger partial charge in [-0.2, -0.15) is 5.10 Å². The lowest BCUT2D eigenvalue weighted by Gasteiger charge is -2.08. The van der Waals surface area contributed by atoms with Gasteiger partial charge in [-0.3, -0.25) is 9.48 Å². The first-order valence-corrected chi connectivity index (χ1v) is 9.04. The topological polar surface area (TPSA) is 46.9 Å². The summed E-state index contributed by atoms with van der Waals surface area (Å²) in [4.78, 5) is 14.2. The van der Waals surface area contributed by atoms with Gasteiger partial charge < -0.3 is 5.32 Å². The molecule has 2 aromatic carbocycles. The Bertz CT molecular complexity index is 890. The number of halogens is 1. The summed E-state index contributed by atoms with van der Waals surface area (Å²) in [6, 6.07) is 17.4. The van der Waals surface area contributed by atoms with Gasteiger partial charge >= 0.3 is 0 Å². The van der Waals surface area contributed by atoms with Crippen LogP contribution in [0.25, 0.3) is 0 Å². The molecule has 0 unspecified atom stereocenters. The molecule has 0 spiro atoms. The number of aromatic nitrogens is 2. The monoisotopic (exact) mass is 371 g/mol. The molecule has 0 aliphatic rings. The SMILES string of the molecule is Cc1cc(C)n(CC(=O)Nc2ccc(Sc3ccccc3Cl)cc2)n1. The molecule has 128 valence electrons. The molecule has 0 atom stereocenters. The highest BCUT2D eigenvalue weighted by Gasteiger charge is 2.08. The number of rotatable bonds is 5. The number of benzene rings is 2. The predicted octanol–water partition coefficient (Wildman–Crippen LogP) is 4.94. The molecule has 1 N–H and O–H groups in total. The molecule has 0 saturated heterocycles. The molecule has 6 heteroatoms. The lowest BCUT2D eigenvalue weighted by atomic mass is 10.3. The standard InChI is InChI=1S/C19H18ClN3OS/c1-13-11-14(2)23(22-13)12-19(24)21-15-7-9-16(10-8-15)25-18-6-4-3-5-17(18)20/h3-11H,12H2,1-2H3,(H,21,24). The van der Waals surface area contributed by atoms with E-state index in [1.807, 2.05) is 68.4 Å². The fraction of sp³-hybridized carbons (Fsp3) is 0.158. The van der Waals surface area contributed by atoms with Crippen molar-refractivity contribution in [1.82, 2.24) is 9.78 Å². The number of hydrogen-bond acceptors (Lipinski definition) is 3. The predicted molar refractivity (Wildman–Crippen MR) is 102 cm³/mol. The Labute approximate surface area is 156 Å². The number of amides is 1. The van der Waals surface area contributed by atoms with Gasteiger partial charge in [0, 0.05) is 21.2 Å². The normalized spacial score (nSPS) is 10.7. The maximum absolute atomic E-state index is 12.2. The summed E-state index contributed by atoms with van der Waals surface area (Å²) in [6.07, 6.45) is 0. The number of anilines is 1. The fourth-order valence-electron chi connectivity index (χ4n) is 2.43. The van der Waals surface area contributed by atoms with Crippen LogP contribution in [0.15, 0.2) is 64.4 Å². The summed E-state index contributed by atoms with van der Waals surface area (Å²) < 4.78 is 1.70. The second-order valence-corrected chi connectivity index (χ2v) is 7.21. The Kier molecular flexibility index (Phi) is 5.46. The van der Waals surface area contributed by atoms with Gasteiger partial charge in [-0.1, -0.05) is 35.5 Å². The van der Waals surface area contributed by atoms with Crippen LogP contribution in [0.4, 0.5) is 5.69 Å². The van der Waals surface area contributed by atoms with Crippen LogP contribution >= 0.6 is 23.4 Å². The third-order valence-corrected chi connectivity index (χ3v) is 5.12. The Morgan fingerprint density at radius 1 is 1.16 bits per heavy atom. The smallest absolute Gasteiger partial charge is 0.246 e. The highest BCUT2D eigenvalue weighted by Crippen LogP contribution is 2.33. The van der Waals surface area contributed by atoms with E-state index in [9.17, 15) is 4.79 Å².